The zero-order valence-electron chi connectivity index (χ0n) is 31.7. The Balaban J connectivity index is 0.885. The van der Waals surface area contributed by atoms with Gasteiger partial charge < -0.3 is 0 Å². The first-order valence-electron chi connectivity index (χ1n) is 20.1. The lowest BCUT2D eigenvalue weighted by Gasteiger charge is -2.30. The zero-order valence-corrected chi connectivity index (χ0v) is 31.7. The van der Waals surface area contributed by atoms with Crippen LogP contribution in [0.3, 0.4) is 0 Å². The largest absolute Gasteiger partial charge is 0.255 e. The molecule has 0 unspecified atom stereocenters. The van der Waals surface area contributed by atoms with E-state index in [0.29, 0.717) is 0 Å². The van der Waals surface area contributed by atoms with E-state index >= 15 is 0 Å². The van der Waals surface area contributed by atoms with Gasteiger partial charge in [-0.1, -0.05) is 164 Å². The number of para-hydroxylation sites is 1. The van der Waals surface area contributed by atoms with Crippen molar-refractivity contribution < 1.29 is 0 Å². The second-order valence-corrected chi connectivity index (χ2v) is 15.6. The lowest BCUT2D eigenvalue weighted by Crippen LogP contribution is -2.25. The molecule has 3 aliphatic rings. The molecule has 2 nitrogen and oxygen atoms in total. The molecule has 270 valence electrons. The van der Waals surface area contributed by atoms with Crippen LogP contribution >= 0.6 is 0 Å². The van der Waals surface area contributed by atoms with E-state index in [2.05, 4.69) is 187 Å². The molecule has 12 rings (SSSR count). The molecule has 8 aromatic carbocycles. The first-order valence-corrected chi connectivity index (χ1v) is 20.1. The van der Waals surface area contributed by atoms with E-state index < -0.39 is 0 Å². The highest BCUT2D eigenvalue weighted by Gasteiger charge is 2.51. The van der Waals surface area contributed by atoms with E-state index in [-0.39, 0.29) is 5.41 Å². The molecule has 2 aliphatic carbocycles. The Morgan fingerprint density at radius 1 is 0.379 bits per heavy atom. The number of nitrogens with zero attached hydrogens (tertiary/aromatic N) is 2. The molecule has 0 atom stereocenters. The SMILES string of the molecule is C1=C(c2ccc(-c3ccc4cc(-c5ccc6c(c5)C5(c7ccccc7-c7ccccc75)c5ccccc5-6)ccc4c3)cc2)c2ccccc2N=C(c2ccccn2)C1. The van der Waals surface area contributed by atoms with Crippen molar-refractivity contribution in [1.82, 2.24) is 4.98 Å². The molecule has 0 bridgehead atoms. The van der Waals surface area contributed by atoms with Gasteiger partial charge in [0.1, 0.15) is 0 Å². The lowest BCUT2D eigenvalue weighted by molar-refractivity contribution is 0.794. The van der Waals surface area contributed by atoms with Gasteiger partial charge in [-0.05, 0) is 125 Å². The monoisotopic (exact) mass is 736 g/mol. The Morgan fingerprint density at radius 2 is 0.879 bits per heavy atom. The minimum atomic E-state index is -0.344. The summed E-state index contributed by atoms with van der Waals surface area (Å²) in [5.74, 6) is 0. The van der Waals surface area contributed by atoms with Crippen LogP contribution in [0.2, 0.25) is 0 Å². The molecule has 1 aromatic heterocycles. The van der Waals surface area contributed by atoms with Crippen molar-refractivity contribution in [3.63, 3.8) is 0 Å². The number of pyridine rings is 1. The van der Waals surface area contributed by atoms with E-state index in [4.69, 9.17) is 4.99 Å². The van der Waals surface area contributed by atoms with E-state index in [1.54, 1.807) is 0 Å². The Labute approximate surface area is 338 Å². The summed E-state index contributed by atoms with van der Waals surface area (Å²) in [4.78, 5) is 9.65. The van der Waals surface area contributed by atoms with Crippen LogP contribution in [0.5, 0.6) is 0 Å². The van der Waals surface area contributed by atoms with Gasteiger partial charge in [0.25, 0.3) is 0 Å². The molecule has 1 aliphatic heterocycles. The highest BCUT2D eigenvalue weighted by molar-refractivity contribution is 6.05. The smallest absolute Gasteiger partial charge is 0.0847 e. The normalized spacial score (nSPS) is 14.1. The molecule has 2 heterocycles. The maximum Gasteiger partial charge on any atom is 0.0847 e. The van der Waals surface area contributed by atoms with Crippen molar-refractivity contribution in [2.45, 2.75) is 11.8 Å². The van der Waals surface area contributed by atoms with Crippen molar-refractivity contribution in [3.05, 3.63) is 245 Å². The Bertz CT molecular complexity index is 3120. The van der Waals surface area contributed by atoms with Gasteiger partial charge in [0.15, 0.2) is 0 Å². The molecule has 1 spiro atoms. The van der Waals surface area contributed by atoms with Gasteiger partial charge in [-0.25, -0.2) is 0 Å². The minimum absolute atomic E-state index is 0.344. The van der Waals surface area contributed by atoms with Gasteiger partial charge in [-0.2, -0.15) is 0 Å². The molecule has 0 amide bonds. The molecule has 0 fully saturated rings. The summed E-state index contributed by atoms with van der Waals surface area (Å²) in [7, 11) is 0. The van der Waals surface area contributed by atoms with Crippen LogP contribution in [0.4, 0.5) is 5.69 Å². The molecule has 0 saturated heterocycles. The fraction of sp³-hybridized carbons (Fsp3) is 0.0357. The third kappa shape index (κ3) is 4.85. The van der Waals surface area contributed by atoms with Crippen LogP contribution in [-0.2, 0) is 5.41 Å². The average Bonchev–Trinajstić information content (AvgIpc) is 3.67. The molecular formula is C56H36N2. The van der Waals surface area contributed by atoms with Crippen LogP contribution in [0.15, 0.2) is 211 Å². The zero-order chi connectivity index (χ0) is 38.2. The van der Waals surface area contributed by atoms with Crippen molar-refractivity contribution >= 4 is 27.7 Å². The fourth-order valence-electron chi connectivity index (χ4n) is 9.99. The quantitative estimate of drug-likeness (QED) is 0.177. The van der Waals surface area contributed by atoms with Crippen LogP contribution in [0.1, 0.15) is 45.5 Å². The number of hydrogen-bond donors (Lipinski definition) is 0. The van der Waals surface area contributed by atoms with E-state index in [9.17, 15) is 0 Å². The number of rotatable bonds is 4. The summed E-state index contributed by atoms with van der Waals surface area (Å²) < 4.78 is 0. The second-order valence-electron chi connectivity index (χ2n) is 15.6. The number of hydrogen-bond acceptors (Lipinski definition) is 2. The summed E-state index contributed by atoms with van der Waals surface area (Å²) >= 11 is 0. The molecule has 9 aromatic rings. The first kappa shape index (κ1) is 32.8. The van der Waals surface area contributed by atoms with Gasteiger partial charge >= 0.3 is 0 Å². The molecular weight excluding hydrogens is 701 g/mol. The number of fused-ring (bicyclic) bond motifs is 12. The third-order valence-corrected chi connectivity index (χ3v) is 12.6. The van der Waals surface area contributed by atoms with Gasteiger partial charge in [-0.3, -0.25) is 9.98 Å². The standard InChI is InChI=1S/C56H36N2/c1-5-15-49-44(11-1)45-12-2-6-16-50(45)56(49)51-17-7-3-13-46(51)47-29-28-42(35-52(47)56)41-27-26-39-33-38(24-25-40(39)34-41)36-20-22-37(23-21-36)43-30-31-55(54-19-9-10-32-57-54)58-53-18-8-4-14-48(43)53/h1-30,32-35H,31H2. The van der Waals surface area contributed by atoms with Gasteiger partial charge in [0, 0.05) is 18.2 Å². The maximum absolute atomic E-state index is 5.06. The second kappa shape index (κ2) is 12.8. The van der Waals surface area contributed by atoms with E-state index in [1.807, 2.05) is 24.4 Å². The number of allylic oxidation sites excluding steroid dienone is 1. The fourth-order valence-corrected chi connectivity index (χ4v) is 9.99. The minimum Gasteiger partial charge on any atom is -0.255 e. The van der Waals surface area contributed by atoms with E-state index in [1.165, 1.54) is 88.7 Å². The van der Waals surface area contributed by atoms with E-state index in [0.717, 1.165) is 29.1 Å². The Hall–Kier alpha value is -7.42. The number of aliphatic imine (C=N–C) groups is 1. The molecule has 58 heavy (non-hydrogen) atoms. The van der Waals surface area contributed by atoms with Crippen LogP contribution in [0.25, 0.3) is 60.9 Å². The topological polar surface area (TPSA) is 25.2 Å². The summed E-state index contributed by atoms with van der Waals surface area (Å²) in [5.41, 5.74) is 21.7. The lowest BCUT2D eigenvalue weighted by atomic mass is 9.70. The highest BCUT2D eigenvalue weighted by Crippen LogP contribution is 2.63. The maximum atomic E-state index is 5.06. The van der Waals surface area contributed by atoms with Crippen molar-refractivity contribution in [1.29, 1.82) is 0 Å². The predicted molar refractivity (Wildman–Crippen MR) is 240 cm³/mol. The van der Waals surface area contributed by atoms with Crippen LogP contribution in [-0.4, -0.2) is 10.7 Å². The Kier molecular flexibility index (Phi) is 7.24. The third-order valence-electron chi connectivity index (χ3n) is 12.6. The highest BCUT2D eigenvalue weighted by atomic mass is 14.8. The van der Waals surface area contributed by atoms with Crippen molar-refractivity contribution in [3.8, 4) is 44.5 Å². The Morgan fingerprint density at radius 3 is 1.52 bits per heavy atom. The summed E-state index contributed by atoms with van der Waals surface area (Å²) in [6.07, 6.45) is 4.85. The van der Waals surface area contributed by atoms with Crippen molar-refractivity contribution in [2.75, 3.05) is 0 Å². The summed E-state index contributed by atoms with van der Waals surface area (Å²) in [6, 6.07) is 71.4. The van der Waals surface area contributed by atoms with Gasteiger partial charge in [-0.15, -0.1) is 0 Å². The summed E-state index contributed by atoms with van der Waals surface area (Å²) in [6.45, 7) is 0. The van der Waals surface area contributed by atoms with Crippen molar-refractivity contribution in [2.24, 2.45) is 4.99 Å². The first-order chi connectivity index (χ1) is 28.7. The summed E-state index contributed by atoms with van der Waals surface area (Å²) in [5, 5.41) is 2.46. The molecule has 0 radical (unpaired) electrons. The predicted octanol–water partition coefficient (Wildman–Crippen LogP) is 13.9. The van der Waals surface area contributed by atoms with Gasteiger partial charge in [0.05, 0.1) is 22.5 Å². The average molecular weight is 737 g/mol. The molecule has 0 N–H and O–H groups in total. The van der Waals surface area contributed by atoms with Crippen LogP contribution < -0.4 is 0 Å². The molecule has 0 saturated carbocycles. The number of aromatic nitrogens is 1. The van der Waals surface area contributed by atoms with Crippen LogP contribution in [0, 0.1) is 0 Å². The number of benzene rings is 8. The van der Waals surface area contributed by atoms with Gasteiger partial charge in [0.2, 0.25) is 0 Å². The molecule has 2 heteroatoms.